The number of rotatable bonds is 4. The van der Waals surface area contributed by atoms with Crippen LogP contribution in [0.1, 0.15) is 19.9 Å². The highest BCUT2D eigenvalue weighted by Gasteiger charge is 2.04. The van der Waals surface area contributed by atoms with Gasteiger partial charge in [-0.3, -0.25) is 0 Å². The molecule has 0 atom stereocenters. The maximum absolute atomic E-state index is 11.9. The summed E-state index contributed by atoms with van der Waals surface area (Å²) in [5, 5.41) is 0. The molecule has 0 saturated heterocycles. The molecule has 84 valence electrons. The highest BCUT2D eigenvalue weighted by molar-refractivity contribution is 5.30. The van der Waals surface area contributed by atoms with Crippen LogP contribution in [0, 0.1) is 0 Å². The summed E-state index contributed by atoms with van der Waals surface area (Å²) in [5.41, 5.74) is 1.91. The first kappa shape index (κ1) is 13.6. The van der Waals surface area contributed by atoms with Crippen molar-refractivity contribution in [1.29, 1.82) is 0 Å². The van der Waals surface area contributed by atoms with E-state index in [1.165, 1.54) is 6.07 Å². The number of ether oxygens (including phenoxy) is 1. The number of alkyl halides is 2. The predicted octanol–water partition coefficient (Wildman–Crippen LogP) is 4.04. The van der Waals surface area contributed by atoms with Crippen LogP contribution in [0.2, 0.25) is 0 Å². The van der Waals surface area contributed by atoms with Gasteiger partial charge in [0.15, 0.2) is 0 Å². The Morgan fingerprint density at radius 2 is 2.13 bits per heavy atom. The molecule has 0 fully saturated rings. The van der Waals surface area contributed by atoms with E-state index in [4.69, 9.17) is 0 Å². The van der Waals surface area contributed by atoms with Crippen molar-refractivity contribution >= 4 is 0 Å². The Morgan fingerprint density at radius 1 is 1.47 bits per heavy atom. The van der Waals surface area contributed by atoms with Crippen LogP contribution in [0.15, 0.2) is 36.4 Å². The molecule has 0 aliphatic rings. The molecular formula is C12H16F2O. The van der Waals surface area contributed by atoms with Crippen LogP contribution in [-0.4, -0.2) is 6.61 Å². The Bertz CT molecular complexity index is 321. The van der Waals surface area contributed by atoms with Crippen molar-refractivity contribution in [3.63, 3.8) is 0 Å². The van der Waals surface area contributed by atoms with E-state index in [9.17, 15) is 8.78 Å². The van der Waals surface area contributed by atoms with Gasteiger partial charge in [0, 0.05) is 0 Å². The molecule has 0 N–H and O–H groups in total. The molecule has 0 bridgehead atoms. The summed E-state index contributed by atoms with van der Waals surface area (Å²) in [5.74, 6) is 0.193. The molecule has 0 heterocycles. The lowest BCUT2D eigenvalue weighted by Crippen LogP contribution is -2.02. The van der Waals surface area contributed by atoms with E-state index in [0.717, 1.165) is 11.1 Å². The van der Waals surface area contributed by atoms with Crippen molar-refractivity contribution in [3.05, 3.63) is 42.0 Å². The fourth-order valence-corrected chi connectivity index (χ4v) is 1.18. The standard InChI is InChI=1S/C11H12F2O.CH4/c1-8(2)6-9-4-3-5-10(7-9)14-11(12)13;/h3-5,7,11H,1,6H2,2H3;1H4. The molecule has 0 aliphatic heterocycles. The van der Waals surface area contributed by atoms with E-state index in [2.05, 4.69) is 11.3 Å². The predicted molar refractivity (Wildman–Crippen MR) is 58.3 cm³/mol. The number of halogens is 2. The zero-order valence-electron chi connectivity index (χ0n) is 7.97. The number of benzene rings is 1. The largest absolute Gasteiger partial charge is 0.435 e. The zero-order valence-corrected chi connectivity index (χ0v) is 7.97. The minimum atomic E-state index is -2.77. The van der Waals surface area contributed by atoms with Crippen molar-refractivity contribution in [1.82, 2.24) is 0 Å². The molecule has 0 saturated carbocycles. The fraction of sp³-hybridized carbons (Fsp3) is 0.333. The normalized spacial score (nSPS) is 9.60. The van der Waals surface area contributed by atoms with Gasteiger partial charge >= 0.3 is 6.61 Å². The summed E-state index contributed by atoms with van der Waals surface area (Å²) in [6.45, 7) is 2.87. The number of hydrogen-bond donors (Lipinski definition) is 0. The Kier molecular flexibility index (Phi) is 5.60. The zero-order chi connectivity index (χ0) is 10.6. The van der Waals surface area contributed by atoms with Crippen LogP contribution in [0.4, 0.5) is 8.78 Å². The molecule has 1 rings (SSSR count). The van der Waals surface area contributed by atoms with Gasteiger partial charge in [0.05, 0.1) is 0 Å². The Morgan fingerprint density at radius 3 is 2.67 bits per heavy atom. The Labute approximate surface area is 89.4 Å². The molecule has 0 aromatic heterocycles. The first-order valence-corrected chi connectivity index (χ1v) is 4.26. The van der Waals surface area contributed by atoms with Gasteiger partial charge in [0.1, 0.15) is 5.75 Å². The summed E-state index contributed by atoms with van der Waals surface area (Å²) in [7, 11) is 0. The van der Waals surface area contributed by atoms with Crippen LogP contribution >= 0.6 is 0 Å². The SMILES string of the molecule is C.C=C(C)Cc1cccc(OC(F)F)c1. The molecule has 0 spiro atoms. The van der Waals surface area contributed by atoms with Gasteiger partial charge in [-0.15, -0.1) is 0 Å². The lowest BCUT2D eigenvalue weighted by molar-refractivity contribution is -0.0498. The third-order valence-electron chi connectivity index (χ3n) is 1.63. The molecule has 0 radical (unpaired) electrons. The molecule has 15 heavy (non-hydrogen) atoms. The van der Waals surface area contributed by atoms with Gasteiger partial charge in [-0.1, -0.05) is 31.7 Å². The maximum Gasteiger partial charge on any atom is 0.387 e. The average molecular weight is 214 g/mol. The molecule has 0 unspecified atom stereocenters. The van der Waals surface area contributed by atoms with Crippen molar-refractivity contribution < 1.29 is 13.5 Å². The van der Waals surface area contributed by atoms with Crippen LogP contribution in [0.3, 0.4) is 0 Å². The van der Waals surface area contributed by atoms with Gasteiger partial charge in [-0.25, -0.2) is 0 Å². The van der Waals surface area contributed by atoms with Crippen LogP contribution in [0.5, 0.6) is 5.75 Å². The topological polar surface area (TPSA) is 9.23 Å². The average Bonchev–Trinajstić information content (AvgIpc) is 2.01. The van der Waals surface area contributed by atoms with E-state index in [1.807, 2.05) is 13.0 Å². The Hall–Kier alpha value is -1.38. The first-order valence-electron chi connectivity index (χ1n) is 4.26. The number of hydrogen-bond acceptors (Lipinski definition) is 1. The van der Waals surface area contributed by atoms with Crippen LogP contribution in [0.25, 0.3) is 0 Å². The third kappa shape index (κ3) is 5.15. The summed E-state index contributed by atoms with van der Waals surface area (Å²) >= 11 is 0. The third-order valence-corrected chi connectivity index (χ3v) is 1.63. The summed E-state index contributed by atoms with van der Waals surface area (Å²) in [6, 6.07) is 6.65. The van der Waals surface area contributed by atoms with Crippen molar-refractivity contribution in [2.24, 2.45) is 0 Å². The molecule has 3 heteroatoms. The lowest BCUT2D eigenvalue weighted by atomic mass is 10.1. The molecular weight excluding hydrogens is 198 g/mol. The smallest absolute Gasteiger partial charge is 0.387 e. The molecule has 0 amide bonds. The second kappa shape index (κ2) is 6.17. The second-order valence-electron chi connectivity index (χ2n) is 3.16. The molecule has 0 aliphatic carbocycles. The Balaban J connectivity index is 0.00000196. The number of allylic oxidation sites excluding steroid dienone is 1. The maximum atomic E-state index is 11.9. The van der Waals surface area contributed by atoms with Gasteiger partial charge in [-0.05, 0) is 31.0 Å². The molecule has 1 nitrogen and oxygen atoms in total. The van der Waals surface area contributed by atoms with E-state index < -0.39 is 6.61 Å². The van der Waals surface area contributed by atoms with E-state index >= 15 is 0 Å². The van der Waals surface area contributed by atoms with Gasteiger partial charge < -0.3 is 4.74 Å². The fourth-order valence-electron chi connectivity index (χ4n) is 1.18. The second-order valence-corrected chi connectivity index (χ2v) is 3.16. The van der Waals surface area contributed by atoms with Crippen LogP contribution in [-0.2, 0) is 6.42 Å². The first-order chi connectivity index (χ1) is 6.58. The lowest BCUT2D eigenvalue weighted by Gasteiger charge is -2.06. The van der Waals surface area contributed by atoms with E-state index in [1.54, 1.807) is 12.1 Å². The monoisotopic (exact) mass is 214 g/mol. The van der Waals surface area contributed by atoms with Gasteiger partial charge in [0.25, 0.3) is 0 Å². The van der Waals surface area contributed by atoms with Crippen molar-refractivity contribution in [3.8, 4) is 5.75 Å². The van der Waals surface area contributed by atoms with Gasteiger partial charge in [0.2, 0.25) is 0 Å². The highest BCUT2D eigenvalue weighted by atomic mass is 19.3. The summed E-state index contributed by atoms with van der Waals surface area (Å²) in [4.78, 5) is 0. The molecule has 1 aromatic carbocycles. The minimum absolute atomic E-state index is 0. The van der Waals surface area contributed by atoms with E-state index in [-0.39, 0.29) is 13.2 Å². The van der Waals surface area contributed by atoms with E-state index in [0.29, 0.717) is 6.42 Å². The summed E-state index contributed by atoms with van der Waals surface area (Å²) < 4.78 is 28.0. The summed E-state index contributed by atoms with van der Waals surface area (Å²) in [6.07, 6.45) is 0.681. The molecule has 1 aromatic rings. The van der Waals surface area contributed by atoms with Crippen molar-refractivity contribution in [2.45, 2.75) is 27.4 Å². The highest BCUT2D eigenvalue weighted by Crippen LogP contribution is 2.17. The quantitative estimate of drug-likeness (QED) is 0.687. The van der Waals surface area contributed by atoms with Gasteiger partial charge in [-0.2, -0.15) is 8.78 Å². The van der Waals surface area contributed by atoms with Crippen LogP contribution < -0.4 is 4.74 Å². The van der Waals surface area contributed by atoms with Crippen molar-refractivity contribution in [2.75, 3.05) is 0 Å². The minimum Gasteiger partial charge on any atom is -0.435 e.